The lowest BCUT2D eigenvalue weighted by atomic mass is 10.1. The van der Waals surface area contributed by atoms with Crippen molar-refractivity contribution < 1.29 is 9.72 Å². The summed E-state index contributed by atoms with van der Waals surface area (Å²) in [6.07, 6.45) is 0.614. The van der Waals surface area contributed by atoms with Crippen LogP contribution in [0, 0.1) is 10.1 Å². The molecule has 0 radical (unpaired) electrons. The van der Waals surface area contributed by atoms with Crippen LogP contribution in [0.1, 0.15) is 28.7 Å². The number of anilines is 1. The third-order valence-electron chi connectivity index (χ3n) is 7.00. The predicted octanol–water partition coefficient (Wildman–Crippen LogP) is 4.13. The van der Waals surface area contributed by atoms with Gasteiger partial charge in [0.25, 0.3) is 11.6 Å². The van der Waals surface area contributed by atoms with Gasteiger partial charge in [0.05, 0.1) is 10.4 Å². The molecular weight excluding hydrogens is 482 g/mol. The fraction of sp³-hybridized carbons (Fsp3) is 0.214. The van der Waals surface area contributed by atoms with E-state index >= 15 is 0 Å². The molecule has 1 amide bonds. The molecule has 0 N–H and O–H groups in total. The predicted molar refractivity (Wildman–Crippen MR) is 143 cm³/mol. The molecule has 0 bridgehead atoms. The van der Waals surface area contributed by atoms with E-state index in [0.717, 1.165) is 33.9 Å². The molecule has 2 aromatic heterocycles. The van der Waals surface area contributed by atoms with Gasteiger partial charge in [0.15, 0.2) is 5.65 Å². The lowest BCUT2D eigenvalue weighted by molar-refractivity contribution is -0.384. The van der Waals surface area contributed by atoms with Gasteiger partial charge in [0.2, 0.25) is 5.95 Å². The van der Waals surface area contributed by atoms with Gasteiger partial charge in [-0.1, -0.05) is 42.5 Å². The first kappa shape index (κ1) is 23.5. The van der Waals surface area contributed by atoms with Crippen molar-refractivity contribution in [2.75, 3.05) is 24.5 Å². The minimum absolute atomic E-state index is 0.0361. The fourth-order valence-electron chi connectivity index (χ4n) is 5.06. The largest absolute Gasteiger partial charge is 0.338 e. The van der Waals surface area contributed by atoms with Crippen LogP contribution >= 0.6 is 0 Å². The first-order valence-electron chi connectivity index (χ1n) is 12.5. The number of piperazine rings is 1. The van der Waals surface area contributed by atoms with Crippen molar-refractivity contribution in [2.45, 2.75) is 19.4 Å². The Morgan fingerprint density at radius 3 is 2.45 bits per heavy atom. The molecule has 3 aromatic carbocycles. The fourth-order valence-corrected chi connectivity index (χ4v) is 5.06. The Labute approximate surface area is 218 Å². The number of nitro groups is 1. The van der Waals surface area contributed by atoms with Crippen molar-refractivity contribution >= 4 is 34.1 Å². The molecule has 190 valence electrons. The van der Waals surface area contributed by atoms with Gasteiger partial charge < -0.3 is 9.80 Å². The Balaban J connectivity index is 1.33. The number of para-hydroxylation sites is 1. The number of carbonyl (C=O) groups excluding carboxylic acids is 1. The van der Waals surface area contributed by atoms with E-state index in [0.29, 0.717) is 31.6 Å². The second-order valence-electron chi connectivity index (χ2n) is 9.46. The van der Waals surface area contributed by atoms with Crippen LogP contribution < -0.4 is 4.90 Å². The maximum absolute atomic E-state index is 13.2. The van der Waals surface area contributed by atoms with Crippen molar-refractivity contribution in [3.63, 3.8) is 0 Å². The molecular formula is C28H25N7O3. The number of carbonyl (C=O) groups is 1. The number of aromatic nitrogens is 4. The number of fused-ring (bicyclic) bond motifs is 3. The molecule has 1 saturated heterocycles. The second-order valence-corrected chi connectivity index (χ2v) is 9.46. The summed E-state index contributed by atoms with van der Waals surface area (Å²) >= 11 is 0. The number of non-ortho nitro benzene ring substituents is 1. The Morgan fingerprint density at radius 1 is 0.974 bits per heavy atom. The topological polar surface area (TPSA) is 110 Å². The molecule has 1 unspecified atom stereocenters. The summed E-state index contributed by atoms with van der Waals surface area (Å²) in [5.74, 6) is 1.41. The number of rotatable bonds is 5. The van der Waals surface area contributed by atoms with Gasteiger partial charge >= 0.3 is 0 Å². The highest BCUT2D eigenvalue weighted by atomic mass is 16.6. The van der Waals surface area contributed by atoms with Crippen LogP contribution in [0.25, 0.3) is 16.6 Å². The average molecular weight is 508 g/mol. The summed E-state index contributed by atoms with van der Waals surface area (Å²) in [6, 6.07) is 23.7. The first-order valence-corrected chi connectivity index (χ1v) is 12.5. The second kappa shape index (κ2) is 9.55. The van der Waals surface area contributed by atoms with Gasteiger partial charge in [0, 0.05) is 55.2 Å². The molecule has 1 atom stereocenters. The van der Waals surface area contributed by atoms with Gasteiger partial charge in [-0.2, -0.15) is 0 Å². The van der Waals surface area contributed by atoms with Crippen molar-refractivity contribution in [3.8, 4) is 0 Å². The molecule has 10 nitrogen and oxygen atoms in total. The number of benzene rings is 3. The van der Waals surface area contributed by atoms with E-state index in [9.17, 15) is 14.9 Å². The van der Waals surface area contributed by atoms with Crippen LogP contribution in [0.5, 0.6) is 0 Å². The van der Waals surface area contributed by atoms with Crippen LogP contribution in [-0.2, 0) is 6.42 Å². The molecule has 10 heteroatoms. The Hall–Kier alpha value is -4.86. The summed E-state index contributed by atoms with van der Waals surface area (Å²) in [4.78, 5) is 32.8. The van der Waals surface area contributed by atoms with Gasteiger partial charge in [-0.15, -0.1) is 10.2 Å². The van der Waals surface area contributed by atoms with E-state index in [4.69, 9.17) is 4.98 Å². The van der Waals surface area contributed by atoms with Gasteiger partial charge in [-0.25, -0.2) is 9.38 Å². The third-order valence-corrected chi connectivity index (χ3v) is 7.00. The zero-order valence-corrected chi connectivity index (χ0v) is 20.8. The number of nitro benzene ring substituents is 1. The SMILES string of the molecule is CC1CN(c2nc3ccccc3c3nnc(Cc4ccccc4)n23)CCN1C(=O)c1ccc([N+](=O)[O-])cc1. The summed E-state index contributed by atoms with van der Waals surface area (Å²) in [5.41, 5.74) is 3.13. The van der Waals surface area contributed by atoms with Crippen LogP contribution in [0.4, 0.5) is 11.6 Å². The van der Waals surface area contributed by atoms with E-state index in [2.05, 4.69) is 27.2 Å². The molecule has 5 aromatic rings. The molecule has 3 heterocycles. The standard InChI is InChI=1S/C28H25N7O3/c1-19-18-32(15-16-33(19)27(36)21-11-13-22(14-12-21)35(37)38)28-29-24-10-6-5-9-23(24)26-31-30-25(34(26)28)17-20-7-3-2-4-8-20/h2-14,19H,15-18H2,1H3. The molecule has 1 fully saturated rings. The number of nitrogens with zero attached hydrogens (tertiary/aromatic N) is 7. The molecule has 0 saturated carbocycles. The smallest absolute Gasteiger partial charge is 0.269 e. The summed E-state index contributed by atoms with van der Waals surface area (Å²) in [6.45, 7) is 3.64. The Bertz CT molecular complexity index is 1650. The van der Waals surface area contributed by atoms with Crippen LogP contribution in [0.15, 0.2) is 78.9 Å². The van der Waals surface area contributed by atoms with Gasteiger partial charge in [-0.05, 0) is 36.8 Å². The number of hydrogen-bond acceptors (Lipinski definition) is 7. The van der Waals surface area contributed by atoms with Crippen molar-refractivity contribution in [1.29, 1.82) is 0 Å². The third kappa shape index (κ3) is 4.19. The average Bonchev–Trinajstić information content (AvgIpc) is 3.36. The Morgan fingerprint density at radius 2 is 1.71 bits per heavy atom. The summed E-state index contributed by atoms with van der Waals surface area (Å²) in [5, 5.41) is 21.0. The first-order chi connectivity index (χ1) is 18.5. The van der Waals surface area contributed by atoms with Crippen LogP contribution in [-0.4, -0.2) is 61.0 Å². The van der Waals surface area contributed by atoms with E-state index < -0.39 is 4.92 Å². The van der Waals surface area contributed by atoms with E-state index in [-0.39, 0.29) is 17.6 Å². The molecule has 38 heavy (non-hydrogen) atoms. The normalized spacial score (nSPS) is 15.8. The van der Waals surface area contributed by atoms with Crippen molar-refractivity contribution in [2.24, 2.45) is 0 Å². The minimum Gasteiger partial charge on any atom is -0.338 e. The highest BCUT2D eigenvalue weighted by Gasteiger charge is 2.31. The quantitative estimate of drug-likeness (QED) is 0.260. The molecule has 1 aliphatic rings. The van der Waals surface area contributed by atoms with E-state index in [1.165, 1.54) is 24.3 Å². The minimum atomic E-state index is -0.468. The van der Waals surface area contributed by atoms with Gasteiger partial charge in [0.1, 0.15) is 5.82 Å². The van der Waals surface area contributed by atoms with E-state index in [1.807, 2.05) is 58.7 Å². The number of amides is 1. The molecule has 0 aliphatic carbocycles. The van der Waals surface area contributed by atoms with E-state index in [1.54, 1.807) is 0 Å². The summed E-state index contributed by atoms with van der Waals surface area (Å²) in [7, 11) is 0. The van der Waals surface area contributed by atoms with Crippen molar-refractivity contribution in [1.82, 2.24) is 24.5 Å². The number of hydrogen-bond donors (Lipinski definition) is 0. The molecule has 6 rings (SSSR count). The molecule has 1 aliphatic heterocycles. The van der Waals surface area contributed by atoms with Crippen molar-refractivity contribution in [3.05, 3.63) is 106 Å². The maximum Gasteiger partial charge on any atom is 0.269 e. The van der Waals surface area contributed by atoms with Crippen LogP contribution in [0.2, 0.25) is 0 Å². The highest BCUT2D eigenvalue weighted by Crippen LogP contribution is 2.27. The van der Waals surface area contributed by atoms with Crippen LogP contribution in [0.3, 0.4) is 0 Å². The highest BCUT2D eigenvalue weighted by molar-refractivity contribution is 5.95. The summed E-state index contributed by atoms with van der Waals surface area (Å²) < 4.78 is 2.04. The lowest BCUT2D eigenvalue weighted by Gasteiger charge is -2.40. The zero-order chi connectivity index (χ0) is 26.2. The Kier molecular flexibility index (Phi) is 5.91. The monoisotopic (exact) mass is 507 g/mol. The van der Waals surface area contributed by atoms with Gasteiger partial charge in [-0.3, -0.25) is 14.9 Å². The lowest BCUT2D eigenvalue weighted by Crippen LogP contribution is -2.54. The maximum atomic E-state index is 13.2. The molecule has 0 spiro atoms. The zero-order valence-electron chi connectivity index (χ0n) is 20.8.